The Morgan fingerprint density at radius 1 is 1.33 bits per heavy atom. The Balaban J connectivity index is 2.08. The first-order chi connectivity index (χ1) is 8.67. The second-order valence-corrected chi connectivity index (χ2v) is 4.98. The summed E-state index contributed by atoms with van der Waals surface area (Å²) in [5, 5.41) is 9.95. The third-order valence-corrected chi connectivity index (χ3v) is 3.46. The third kappa shape index (κ3) is 3.09. The molecule has 0 radical (unpaired) electrons. The van der Waals surface area contributed by atoms with Gasteiger partial charge >= 0.3 is 0 Å². The minimum Gasteiger partial charge on any atom is -0.483 e. The van der Waals surface area contributed by atoms with Crippen LogP contribution in [0.5, 0.6) is 11.5 Å². The second kappa shape index (κ2) is 5.81. The number of benzene rings is 1. The number of aliphatic hydroxyl groups is 1. The van der Waals surface area contributed by atoms with Crippen molar-refractivity contribution in [2.45, 2.75) is 38.4 Å². The molecule has 0 aromatic heterocycles. The van der Waals surface area contributed by atoms with Gasteiger partial charge in [-0.3, -0.25) is 0 Å². The number of halogens is 1. The first-order valence-corrected chi connectivity index (χ1v) is 6.93. The van der Waals surface area contributed by atoms with E-state index in [0.29, 0.717) is 11.5 Å². The van der Waals surface area contributed by atoms with Crippen LogP contribution in [0.2, 0.25) is 0 Å². The van der Waals surface area contributed by atoms with Crippen molar-refractivity contribution in [2.75, 3.05) is 12.5 Å². The maximum absolute atomic E-state index is 9.95. The molecule has 0 fully saturated rings. The highest BCUT2D eigenvalue weighted by Crippen LogP contribution is 2.35. The van der Waals surface area contributed by atoms with E-state index in [1.165, 1.54) is 18.4 Å². The first-order valence-electron chi connectivity index (χ1n) is 6.40. The normalized spacial score (nSPS) is 21.9. The van der Waals surface area contributed by atoms with E-state index in [-0.39, 0.29) is 12.5 Å². The smallest absolute Gasteiger partial charge is 0.256 e. The lowest BCUT2D eigenvalue weighted by Gasteiger charge is -2.32. The molecule has 0 amide bonds. The Hall–Kier alpha value is -0.930. The lowest BCUT2D eigenvalue weighted by Crippen LogP contribution is -2.46. The summed E-state index contributed by atoms with van der Waals surface area (Å²) in [6.45, 7) is 2.25. The maximum Gasteiger partial charge on any atom is 0.256 e. The topological polar surface area (TPSA) is 38.7 Å². The van der Waals surface area contributed by atoms with Crippen molar-refractivity contribution in [3.05, 3.63) is 23.8 Å². The van der Waals surface area contributed by atoms with Crippen molar-refractivity contribution in [2.24, 2.45) is 0 Å². The van der Waals surface area contributed by atoms with Crippen LogP contribution in [0, 0.1) is 0 Å². The Morgan fingerprint density at radius 2 is 2.17 bits per heavy atom. The monoisotopic (exact) mass is 270 g/mol. The zero-order valence-electron chi connectivity index (χ0n) is 10.6. The predicted octanol–water partition coefficient (Wildman–Crippen LogP) is 3.12. The number of unbranched alkanes of at least 4 members (excludes halogenated alkanes) is 2. The molecule has 4 heteroatoms. The van der Waals surface area contributed by atoms with Crippen LogP contribution in [0.3, 0.4) is 0 Å². The molecule has 3 nitrogen and oxygen atoms in total. The summed E-state index contributed by atoms with van der Waals surface area (Å²) >= 11 is 5.68. The number of alkyl halides is 1. The molecule has 1 atom stereocenters. The molecule has 1 aromatic carbocycles. The summed E-state index contributed by atoms with van der Waals surface area (Å²) in [6, 6.07) is 5.87. The fourth-order valence-corrected chi connectivity index (χ4v) is 2.11. The van der Waals surface area contributed by atoms with Crippen molar-refractivity contribution in [1.82, 2.24) is 0 Å². The van der Waals surface area contributed by atoms with Gasteiger partial charge in [-0.2, -0.15) is 0 Å². The van der Waals surface area contributed by atoms with Crippen molar-refractivity contribution in [3.63, 3.8) is 0 Å². The molecule has 0 bridgehead atoms. The zero-order chi connectivity index (χ0) is 13.0. The summed E-state index contributed by atoms with van der Waals surface area (Å²) in [7, 11) is 0. The number of hydrogen-bond acceptors (Lipinski definition) is 3. The van der Waals surface area contributed by atoms with Crippen LogP contribution in [0.15, 0.2) is 18.2 Å². The summed E-state index contributed by atoms with van der Waals surface area (Å²) in [5.41, 5.74) is 1.20. The molecule has 1 heterocycles. The first kappa shape index (κ1) is 13.5. The van der Waals surface area contributed by atoms with E-state index >= 15 is 0 Å². The maximum atomic E-state index is 9.95. The van der Waals surface area contributed by atoms with Gasteiger partial charge in [0.1, 0.15) is 0 Å². The Labute approximate surface area is 113 Å². The highest BCUT2D eigenvalue weighted by atomic mass is 35.5. The van der Waals surface area contributed by atoms with E-state index in [9.17, 15) is 5.11 Å². The molecule has 100 valence electrons. The van der Waals surface area contributed by atoms with Gasteiger partial charge in [0.25, 0.3) is 5.79 Å². The summed E-state index contributed by atoms with van der Waals surface area (Å²) in [5.74, 6) is -0.161. The largest absolute Gasteiger partial charge is 0.483 e. The van der Waals surface area contributed by atoms with Gasteiger partial charge < -0.3 is 14.6 Å². The van der Waals surface area contributed by atoms with Gasteiger partial charge in [0.15, 0.2) is 18.1 Å². The minimum atomic E-state index is -1.41. The van der Waals surface area contributed by atoms with Crippen LogP contribution in [0.1, 0.15) is 31.7 Å². The van der Waals surface area contributed by atoms with E-state index in [1.54, 1.807) is 0 Å². The van der Waals surface area contributed by atoms with E-state index < -0.39 is 5.79 Å². The van der Waals surface area contributed by atoms with Crippen molar-refractivity contribution in [3.8, 4) is 11.5 Å². The molecular formula is C14H19ClO3. The SMILES string of the molecule is CCCCCc1ccc2c(c1)OC(O)(CCl)CO2. The molecule has 1 aliphatic heterocycles. The minimum absolute atomic E-state index is 0.00744. The van der Waals surface area contributed by atoms with Crippen molar-refractivity contribution in [1.29, 1.82) is 0 Å². The number of hydrogen-bond donors (Lipinski definition) is 1. The fourth-order valence-electron chi connectivity index (χ4n) is 1.98. The zero-order valence-corrected chi connectivity index (χ0v) is 11.4. The average Bonchev–Trinajstić information content (AvgIpc) is 2.39. The summed E-state index contributed by atoms with van der Waals surface area (Å²) in [6.07, 6.45) is 4.61. The highest BCUT2D eigenvalue weighted by Gasteiger charge is 2.34. The Bertz CT molecular complexity index is 408. The second-order valence-electron chi connectivity index (χ2n) is 4.71. The van der Waals surface area contributed by atoms with Crippen LogP contribution in [0.4, 0.5) is 0 Å². The molecule has 1 aromatic rings. The average molecular weight is 271 g/mol. The number of aryl methyl sites for hydroxylation is 1. The van der Waals surface area contributed by atoms with Crippen LogP contribution in [-0.2, 0) is 6.42 Å². The van der Waals surface area contributed by atoms with Gasteiger partial charge in [0.05, 0.1) is 5.88 Å². The molecule has 1 unspecified atom stereocenters. The van der Waals surface area contributed by atoms with Gasteiger partial charge in [-0.15, -0.1) is 11.6 Å². The molecule has 1 aliphatic rings. The third-order valence-electron chi connectivity index (χ3n) is 3.04. The molecule has 0 spiro atoms. The van der Waals surface area contributed by atoms with Gasteiger partial charge in [-0.25, -0.2) is 0 Å². The van der Waals surface area contributed by atoms with E-state index in [1.807, 2.05) is 18.2 Å². The van der Waals surface area contributed by atoms with Crippen LogP contribution >= 0.6 is 11.6 Å². The van der Waals surface area contributed by atoms with E-state index in [4.69, 9.17) is 21.1 Å². The lowest BCUT2D eigenvalue weighted by molar-refractivity contribution is -0.156. The quantitative estimate of drug-likeness (QED) is 0.660. The molecule has 0 aliphatic carbocycles. The number of rotatable bonds is 5. The predicted molar refractivity (Wildman–Crippen MR) is 71.5 cm³/mol. The molecule has 0 saturated heterocycles. The van der Waals surface area contributed by atoms with E-state index in [2.05, 4.69) is 6.92 Å². The molecule has 0 saturated carbocycles. The number of ether oxygens (including phenoxy) is 2. The van der Waals surface area contributed by atoms with Gasteiger partial charge in [0, 0.05) is 0 Å². The van der Waals surface area contributed by atoms with Crippen LogP contribution in [0.25, 0.3) is 0 Å². The fraction of sp³-hybridized carbons (Fsp3) is 0.571. The van der Waals surface area contributed by atoms with Crippen LogP contribution < -0.4 is 9.47 Å². The standard InChI is InChI=1S/C14H19ClO3/c1-2-3-4-5-11-6-7-12-13(8-11)18-14(16,9-15)10-17-12/h6-8,16H,2-5,9-10H2,1H3. The number of fused-ring (bicyclic) bond motifs is 1. The molecule has 2 rings (SSSR count). The van der Waals surface area contributed by atoms with Gasteiger partial charge in [0.2, 0.25) is 0 Å². The highest BCUT2D eigenvalue weighted by molar-refractivity contribution is 6.18. The molecular weight excluding hydrogens is 252 g/mol. The Morgan fingerprint density at radius 3 is 2.89 bits per heavy atom. The summed E-state index contributed by atoms with van der Waals surface area (Å²) in [4.78, 5) is 0. The Kier molecular flexibility index (Phi) is 4.36. The summed E-state index contributed by atoms with van der Waals surface area (Å²) < 4.78 is 11.0. The van der Waals surface area contributed by atoms with Gasteiger partial charge in [-0.1, -0.05) is 25.8 Å². The van der Waals surface area contributed by atoms with Crippen LogP contribution in [-0.4, -0.2) is 23.4 Å². The van der Waals surface area contributed by atoms with Gasteiger partial charge in [-0.05, 0) is 30.5 Å². The molecule has 1 N–H and O–H groups in total. The van der Waals surface area contributed by atoms with Crippen molar-refractivity contribution < 1.29 is 14.6 Å². The van der Waals surface area contributed by atoms with E-state index in [0.717, 1.165) is 12.8 Å². The lowest BCUT2D eigenvalue weighted by atomic mass is 10.1. The molecule has 18 heavy (non-hydrogen) atoms. The van der Waals surface area contributed by atoms with Crippen molar-refractivity contribution >= 4 is 11.6 Å².